The fraction of sp³-hybridized carbons (Fsp3) is 0.280. The number of amides is 2. The molecule has 2 fully saturated rings. The van der Waals surface area contributed by atoms with E-state index in [1.807, 2.05) is 42.5 Å². The molecule has 0 radical (unpaired) electrons. The number of rotatable bonds is 4. The van der Waals surface area contributed by atoms with Crippen LogP contribution in [0.15, 0.2) is 60.7 Å². The summed E-state index contributed by atoms with van der Waals surface area (Å²) in [5, 5.41) is 7.70. The van der Waals surface area contributed by atoms with Crippen LogP contribution >= 0.6 is 0 Å². The molecule has 3 aromatic carbocycles. The minimum absolute atomic E-state index is 0.143. The van der Waals surface area contributed by atoms with E-state index >= 15 is 0 Å². The number of ether oxygens (including phenoxy) is 5. The highest BCUT2D eigenvalue weighted by atomic mass is 16.7. The minimum Gasteiger partial charge on any atom is -0.454 e. The van der Waals surface area contributed by atoms with Crippen molar-refractivity contribution in [3.05, 3.63) is 66.2 Å². The van der Waals surface area contributed by atoms with Crippen LogP contribution in [0.3, 0.4) is 0 Å². The van der Waals surface area contributed by atoms with Gasteiger partial charge in [-0.2, -0.15) is 0 Å². The van der Waals surface area contributed by atoms with E-state index in [0.29, 0.717) is 22.7 Å². The molecule has 34 heavy (non-hydrogen) atoms. The van der Waals surface area contributed by atoms with Crippen LogP contribution in [0.1, 0.15) is 10.4 Å². The third-order valence-corrected chi connectivity index (χ3v) is 6.24. The van der Waals surface area contributed by atoms with Crippen molar-refractivity contribution in [2.24, 2.45) is 0 Å². The minimum atomic E-state index is -0.581. The van der Waals surface area contributed by atoms with Gasteiger partial charge < -0.3 is 29.0 Å². The average Bonchev–Trinajstić information content (AvgIpc) is 3.57. The molecule has 0 aromatic heterocycles. The number of nitrogens with one attached hydrogen (secondary N) is 2. The summed E-state index contributed by atoms with van der Waals surface area (Å²) in [5.74, 6) is 0.881. The van der Waals surface area contributed by atoms with Crippen LogP contribution in [0.5, 0.6) is 11.5 Å². The van der Waals surface area contributed by atoms with Crippen molar-refractivity contribution in [2.75, 3.05) is 25.3 Å². The van der Waals surface area contributed by atoms with Gasteiger partial charge in [0.25, 0.3) is 5.91 Å². The molecule has 9 heteroatoms. The molecule has 3 aliphatic rings. The second kappa shape index (κ2) is 8.51. The lowest BCUT2D eigenvalue weighted by Gasteiger charge is -2.18. The molecule has 0 spiro atoms. The van der Waals surface area contributed by atoms with Crippen molar-refractivity contribution < 1.29 is 33.3 Å². The second-order valence-corrected chi connectivity index (χ2v) is 8.34. The van der Waals surface area contributed by atoms with Gasteiger partial charge in [0.2, 0.25) is 6.79 Å². The molecule has 0 bridgehead atoms. The highest BCUT2D eigenvalue weighted by molar-refractivity contribution is 6.00. The molecule has 0 saturated carbocycles. The lowest BCUT2D eigenvalue weighted by Crippen LogP contribution is -2.44. The van der Waals surface area contributed by atoms with Crippen molar-refractivity contribution in [3.8, 4) is 11.5 Å². The number of hydrogen-bond donors (Lipinski definition) is 2. The third kappa shape index (κ3) is 3.78. The van der Waals surface area contributed by atoms with E-state index in [9.17, 15) is 9.59 Å². The molecule has 3 aliphatic heterocycles. The lowest BCUT2D eigenvalue weighted by molar-refractivity contribution is 0.00862. The zero-order valence-electron chi connectivity index (χ0n) is 18.1. The van der Waals surface area contributed by atoms with Gasteiger partial charge in [0.15, 0.2) is 17.6 Å². The standard InChI is InChI=1S/C25H22N2O7/c28-24(15-8-9-19-20(10-15)33-13-32-19)26-18-11-30-23-21(12-31-22(18)23)34-25(29)27-17-7-3-5-14-4-1-2-6-16(14)17/h1-10,18,21-23H,11-13H2,(H,26,28)(H,27,29). The molecule has 4 atom stereocenters. The molecule has 4 unspecified atom stereocenters. The van der Waals surface area contributed by atoms with Crippen molar-refractivity contribution in [1.29, 1.82) is 0 Å². The maximum atomic E-state index is 12.7. The van der Waals surface area contributed by atoms with E-state index in [1.54, 1.807) is 18.2 Å². The van der Waals surface area contributed by atoms with Gasteiger partial charge in [-0.3, -0.25) is 10.1 Å². The van der Waals surface area contributed by atoms with Crippen LogP contribution in [-0.4, -0.2) is 56.4 Å². The van der Waals surface area contributed by atoms with E-state index in [4.69, 9.17) is 23.7 Å². The highest BCUT2D eigenvalue weighted by Gasteiger charge is 2.50. The quantitative estimate of drug-likeness (QED) is 0.614. The number of carbonyl (C=O) groups excluding carboxylic acids is 2. The molecular weight excluding hydrogens is 440 g/mol. The molecule has 2 N–H and O–H groups in total. The maximum Gasteiger partial charge on any atom is 0.412 e. The fourth-order valence-corrected chi connectivity index (χ4v) is 4.59. The Bertz CT molecular complexity index is 1260. The van der Waals surface area contributed by atoms with Crippen LogP contribution in [-0.2, 0) is 14.2 Å². The van der Waals surface area contributed by atoms with Crippen LogP contribution in [0.2, 0.25) is 0 Å². The van der Waals surface area contributed by atoms with Crippen molar-refractivity contribution in [2.45, 2.75) is 24.4 Å². The van der Waals surface area contributed by atoms with Gasteiger partial charge in [0.1, 0.15) is 12.2 Å². The van der Waals surface area contributed by atoms with Crippen LogP contribution in [0, 0.1) is 0 Å². The molecule has 6 rings (SSSR count). The molecular formula is C25H22N2O7. The Hall–Kier alpha value is -3.82. The monoisotopic (exact) mass is 462 g/mol. The number of anilines is 1. The number of fused-ring (bicyclic) bond motifs is 3. The summed E-state index contributed by atoms with van der Waals surface area (Å²) in [6, 6.07) is 18.1. The first-order valence-corrected chi connectivity index (χ1v) is 11.0. The third-order valence-electron chi connectivity index (χ3n) is 6.24. The zero-order chi connectivity index (χ0) is 23.1. The maximum absolute atomic E-state index is 12.7. The van der Waals surface area contributed by atoms with Gasteiger partial charge in [0.05, 0.1) is 24.9 Å². The highest BCUT2D eigenvalue weighted by Crippen LogP contribution is 2.33. The van der Waals surface area contributed by atoms with Crippen molar-refractivity contribution in [3.63, 3.8) is 0 Å². The van der Waals surface area contributed by atoms with Gasteiger partial charge in [-0.15, -0.1) is 0 Å². The van der Waals surface area contributed by atoms with Crippen LogP contribution < -0.4 is 20.1 Å². The Morgan fingerprint density at radius 1 is 0.882 bits per heavy atom. The van der Waals surface area contributed by atoms with E-state index < -0.39 is 24.4 Å². The van der Waals surface area contributed by atoms with Gasteiger partial charge in [0, 0.05) is 10.9 Å². The molecule has 174 valence electrons. The molecule has 2 saturated heterocycles. The molecule has 3 heterocycles. The van der Waals surface area contributed by atoms with E-state index in [2.05, 4.69) is 10.6 Å². The average molecular weight is 462 g/mol. The first kappa shape index (κ1) is 20.8. The molecule has 3 aromatic rings. The Balaban J connectivity index is 1.07. The Labute approximate surface area is 194 Å². The summed E-state index contributed by atoms with van der Waals surface area (Å²) >= 11 is 0. The Morgan fingerprint density at radius 2 is 1.71 bits per heavy atom. The summed E-state index contributed by atoms with van der Waals surface area (Å²) in [6.45, 7) is 0.592. The number of carbonyl (C=O) groups is 2. The van der Waals surface area contributed by atoms with Crippen LogP contribution in [0.4, 0.5) is 10.5 Å². The fourth-order valence-electron chi connectivity index (χ4n) is 4.59. The Morgan fingerprint density at radius 3 is 2.65 bits per heavy atom. The van der Waals surface area contributed by atoms with Gasteiger partial charge in [-0.25, -0.2) is 4.79 Å². The van der Waals surface area contributed by atoms with Gasteiger partial charge in [-0.1, -0.05) is 36.4 Å². The molecule has 2 amide bonds. The zero-order valence-corrected chi connectivity index (χ0v) is 18.1. The van der Waals surface area contributed by atoms with Crippen molar-refractivity contribution in [1.82, 2.24) is 5.32 Å². The predicted octanol–water partition coefficient (Wildman–Crippen LogP) is 3.08. The topological polar surface area (TPSA) is 104 Å². The predicted molar refractivity (Wildman–Crippen MR) is 121 cm³/mol. The molecule has 0 aliphatic carbocycles. The van der Waals surface area contributed by atoms with E-state index in [1.165, 1.54) is 0 Å². The number of hydrogen-bond acceptors (Lipinski definition) is 7. The van der Waals surface area contributed by atoms with Crippen LogP contribution in [0.25, 0.3) is 10.8 Å². The number of benzene rings is 3. The summed E-state index contributed by atoms with van der Waals surface area (Å²) in [6.07, 6.45) is -2.02. The first-order valence-electron chi connectivity index (χ1n) is 11.0. The largest absolute Gasteiger partial charge is 0.454 e. The smallest absolute Gasteiger partial charge is 0.412 e. The van der Waals surface area contributed by atoms with Gasteiger partial charge >= 0.3 is 6.09 Å². The summed E-state index contributed by atoms with van der Waals surface area (Å²) < 4.78 is 27.9. The summed E-state index contributed by atoms with van der Waals surface area (Å²) in [5.41, 5.74) is 1.12. The van der Waals surface area contributed by atoms with E-state index in [0.717, 1.165) is 10.8 Å². The van der Waals surface area contributed by atoms with Gasteiger partial charge in [-0.05, 0) is 29.7 Å². The SMILES string of the molecule is O=C(Nc1cccc2ccccc12)OC1COC2C(NC(=O)c3ccc4c(c3)OCO4)COC12. The molecule has 9 nitrogen and oxygen atoms in total. The summed E-state index contributed by atoms with van der Waals surface area (Å²) in [7, 11) is 0. The van der Waals surface area contributed by atoms with Crippen molar-refractivity contribution >= 4 is 28.5 Å². The summed E-state index contributed by atoms with van der Waals surface area (Å²) in [4.78, 5) is 25.3. The van der Waals surface area contributed by atoms with E-state index in [-0.39, 0.29) is 32.0 Å². The second-order valence-electron chi connectivity index (χ2n) is 8.34. The normalized spacial score (nSPS) is 24.6. The lowest BCUT2D eigenvalue weighted by atomic mass is 10.1. The first-order chi connectivity index (χ1) is 16.7. The Kier molecular flexibility index (Phi) is 5.20.